The molecule has 102 valence electrons. The van der Waals surface area contributed by atoms with Crippen LogP contribution in [-0.2, 0) is 4.74 Å². The molecule has 1 nitrogen and oxygen atoms in total. The molecular weight excluding hydrogens is 208 g/mol. The van der Waals surface area contributed by atoms with Gasteiger partial charge in [0.2, 0.25) is 0 Å². The number of hydrogen-bond donors (Lipinski definition) is 0. The number of methoxy groups -OCH3 is 1. The molecule has 0 aromatic heterocycles. The maximum Gasteiger partial charge on any atom is 0.0676 e. The lowest BCUT2D eigenvalue weighted by atomic mass is 9.69. The molecule has 1 aliphatic carbocycles. The fraction of sp³-hybridized carbons (Fsp3) is 1.00. The van der Waals surface area contributed by atoms with Crippen LogP contribution in [0.3, 0.4) is 0 Å². The minimum absolute atomic E-state index is 0.108. The van der Waals surface area contributed by atoms with Crippen molar-refractivity contribution in [2.75, 3.05) is 7.11 Å². The molecular formula is C16H32O. The first-order valence-electron chi connectivity index (χ1n) is 7.36. The topological polar surface area (TPSA) is 9.23 Å². The van der Waals surface area contributed by atoms with Crippen molar-refractivity contribution in [3.63, 3.8) is 0 Å². The van der Waals surface area contributed by atoms with Gasteiger partial charge >= 0.3 is 0 Å². The Bertz CT molecular complexity index is 222. The van der Waals surface area contributed by atoms with E-state index in [1.54, 1.807) is 0 Å². The van der Waals surface area contributed by atoms with E-state index in [0.717, 1.165) is 18.3 Å². The van der Waals surface area contributed by atoms with Gasteiger partial charge in [0.05, 0.1) is 5.60 Å². The van der Waals surface area contributed by atoms with E-state index in [9.17, 15) is 0 Å². The van der Waals surface area contributed by atoms with Crippen LogP contribution in [0, 0.1) is 17.3 Å². The summed E-state index contributed by atoms with van der Waals surface area (Å²) in [6.07, 6.45) is 8.05. The van der Waals surface area contributed by atoms with Crippen LogP contribution in [0.5, 0.6) is 0 Å². The molecule has 0 bridgehead atoms. The van der Waals surface area contributed by atoms with E-state index < -0.39 is 0 Å². The third-order valence-electron chi connectivity index (χ3n) is 4.72. The highest BCUT2D eigenvalue weighted by atomic mass is 16.5. The zero-order valence-corrected chi connectivity index (χ0v) is 12.8. The quantitative estimate of drug-likeness (QED) is 0.668. The Morgan fingerprint density at radius 3 is 2.24 bits per heavy atom. The molecule has 0 heterocycles. The largest absolute Gasteiger partial charge is 0.378 e. The fourth-order valence-corrected chi connectivity index (χ4v) is 3.50. The first-order valence-corrected chi connectivity index (χ1v) is 7.36. The summed E-state index contributed by atoms with van der Waals surface area (Å²) in [7, 11) is 1.89. The highest BCUT2D eigenvalue weighted by molar-refractivity contribution is 4.88. The molecule has 0 aromatic carbocycles. The molecule has 1 rings (SSSR count). The Labute approximate surface area is 108 Å². The highest BCUT2D eigenvalue weighted by Gasteiger charge is 2.36. The minimum atomic E-state index is 0.108. The van der Waals surface area contributed by atoms with Crippen molar-refractivity contribution in [1.82, 2.24) is 0 Å². The fourth-order valence-electron chi connectivity index (χ4n) is 3.50. The van der Waals surface area contributed by atoms with Crippen LogP contribution in [-0.4, -0.2) is 12.7 Å². The maximum atomic E-state index is 5.80. The van der Waals surface area contributed by atoms with Crippen LogP contribution < -0.4 is 0 Å². The molecule has 0 spiro atoms. The van der Waals surface area contributed by atoms with Gasteiger partial charge in [-0.25, -0.2) is 0 Å². The Morgan fingerprint density at radius 2 is 1.76 bits per heavy atom. The summed E-state index contributed by atoms with van der Waals surface area (Å²) in [6, 6.07) is 0. The Kier molecular flexibility index (Phi) is 5.07. The van der Waals surface area contributed by atoms with Crippen molar-refractivity contribution in [3.05, 3.63) is 0 Å². The van der Waals surface area contributed by atoms with Crippen LogP contribution in [0.15, 0.2) is 0 Å². The van der Waals surface area contributed by atoms with Gasteiger partial charge in [0.1, 0.15) is 0 Å². The second kappa shape index (κ2) is 5.73. The van der Waals surface area contributed by atoms with E-state index in [4.69, 9.17) is 4.74 Å². The summed E-state index contributed by atoms with van der Waals surface area (Å²) in [5, 5.41) is 0. The van der Waals surface area contributed by atoms with Crippen LogP contribution in [0.2, 0.25) is 0 Å². The Morgan fingerprint density at radius 1 is 1.12 bits per heavy atom. The molecule has 0 aliphatic heterocycles. The lowest BCUT2D eigenvalue weighted by Crippen LogP contribution is -2.39. The second-order valence-corrected chi connectivity index (χ2v) is 7.36. The number of ether oxygens (including phenoxy) is 1. The molecule has 17 heavy (non-hydrogen) atoms. The van der Waals surface area contributed by atoms with Crippen molar-refractivity contribution in [3.8, 4) is 0 Å². The average Bonchev–Trinajstić information content (AvgIpc) is 2.26. The maximum absolute atomic E-state index is 5.80. The lowest BCUT2D eigenvalue weighted by molar-refractivity contribution is -0.0664. The van der Waals surface area contributed by atoms with Gasteiger partial charge in [-0.3, -0.25) is 0 Å². The predicted octanol–water partition coefficient (Wildman–Crippen LogP) is 5.04. The van der Waals surface area contributed by atoms with Crippen LogP contribution >= 0.6 is 0 Å². The Balaban J connectivity index is 2.60. The molecule has 0 saturated heterocycles. The highest BCUT2D eigenvalue weighted by Crippen LogP contribution is 2.42. The van der Waals surface area contributed by atoms with Gasteiger partial charge in [-0.05, 0) is 49.9 Å². The summed E-state index contributed by atoms with van der Waals surface area (Å²) in [5.41, 5.74) is 0.582. The van der Waals surface area contributed by atoms with Crippen LogP contribution in [0.4, 0.5) is 0 Å². The van der Waals surface area contributed by atoms with Crippen molar-refractivity contribution in [2.24, 2.45) is 17.3 Å². The van der Waals surface area contributed by atoms with Gasteiger partial charge in [0.15, 0.2) is 0 Å². The summed E-state index contributed by atoms with van der Waals surface area (Å²) in [4.78, 5) is 0. The van der Waals surface area contributed by atoms with E-state index >= 15 is 0 Å². The molecule has 1 aliphatic rings. The van der Waals surface area contributed by atoms with Gasteiger partial charge in [-0.2, -0.15) is 0 Å². The standard InChI is InChI=1S/C16H32O/c1-7-16(5,17-6)14-10-8-9-13(11-14)12-15(2,3)4/h13-14H,7-12H2,1-6H3. The van der Waals surface area contributed by atoms with E-state index in [0.29, 0.717) is 5.41 Å². The van der Waals surface area contributed by atoms with Gasteiger partial charge in [0.25, 0.3) is 0 Å². The summed E-state index contributed by atoms with van der Waals surface area (Å²) < 4.78 is 5.80. The van der Waals surface area contributed by atoms with Crippen LogP contribution in [0.25, 0.3) is 0 Å². The summed E-state index contributed by atoms with van der Waals surface area (Å²) in [6.45, 7) is 11.7. The van der Waals surface area contributed by atoms with Gasteiger partial charge in [-0.1, -0.05) is 40.5 Å². The Hall–Kier alpha value is -0.0400. The predicted molar refractivity (Wildman–Crippen MR) is 75.2 cm³/mol. The summed E-state index contributed by atoms with van der Waals surface area (Å²) in [5.74, 6) is 1.67. The van der Waals surface area contributed by atoms with Gasteiger partial charge in [0, 0.05) is 7.11 Å². The molecule has 1 heteroatoms. The van der Waals surface area contributed by atoms with E-state index in [-0.39, 0.29) is 5.60 Å². The van der Waals surface area contributed by atoms with Gasteiger partial charge in [-0.15, -0.1) is 0 Å². The normalized spacial score (nSPS) is 30.0. The zero-order valence-electron chi connectivity index (χ0n) is 12.8. The first kappa shape index (κ1) is 15.0. The molecule has 1 fully saturated rings. The third kappa shape index (κ3) is 4.28. The smallest absolute Gasteiger partial charge is 0.0676 e. The zero-order chi connectivity index (χ0) is 13.1. The molecule has 3 atom stereocenters. The molecule has 1 saturated carbocycles. The third-order valence-corrected chi connectivity index (χ3v) is 4.72. The SMILES string of the molecule is CCC(C)(OC)C1CCCC(CC(C)(C)C)C1. The molecule has 0 amide bonds. The number of hydrogen-bond acceptors (Lipinski definition) is 1. The molecule has 0 aromatic rings. The van der Waals surface area contributed by atoms with Crippen LogP contribution in [0.1, 0.15) is 73.1 Å². The van der Waals surface area contributed by atoms with E-state index in [2.05, 4.69) is 34.6 Å². The van der Waals surface area contributed by atoms with E-state index in [1.165, 1.54) is 32.1 Å². The minimum Gasteiger partial charge on any atom is -0.378 e. The second-order valence-electron chi connectivity index (χ2n) is 7.36. The molecule has 0 N–H and O–H groups in total. The average molecular weight is 240 g/mol. The molecule has 0 radical (unpaired) electrons. The first-order chi connectivity index (χ1) is 7.80. The van der Waals surface area contributed by atoms with Crippen molar-refractivity contribution < 1.29 is 4.74 Å². The van der Waals surface area contributed by atoms with Crippen molar-refractivity contribution in [1.29, 1.82) is 0 Å². The molecule has 3 unspecified atom stereocenters. The van der Waals surface area contributed by atoms with E-state index in [1.807, 2.05) is 7.11 Å². The van der Waals surface area contributed by atoms with Crippen molar-refractivity contribution >= 4 is 0 Å². The summed E-state index contributed by atoms with van der Waals surface area (Å²) >= 11 is 0. The monoisotopic (exact) mass is 240 g/mol. The van der Waals surface area contributed by atoms with Crippen molar-refractivity contribution in [2.45, 2.75) is 78.7 Å². The number of rotatable bonds is 4. The lowest BCUT2D eigenvalue weighted by Gasteiger charge is -2.42. The van der Waals surface area contributed by atoms with Gasteiger partial charge < -0.3 is 4.74 Å².